The molecule has 0 unspecified atom stereocenters. The van der Waals surface area contributed by atoms with Crippen LogP contribution in [0.4, 0.5) is 0 Å². The van der Waals surface area contributed by atoms with Crippen molar-refractivity contribution < 1.29 is 19.1 Å². The summed E-state index contributed by atoms with van der Waals surface area (Å²) in [6.45, 7) is 5.15. The van der Waals surface area contributed by atoms with Gasteiger partial charge in [0.15, 0.2) is 0 Å². The fraction of sp³-hybridized carbons (Fsp3) is 0.500. The highest BCUT2D eigenvalue weighted by molar-refractivity contribution is 6.10. The number of rotatable bonds is 8. The van der Waals surface area contributed by atoms with Gasteiger partial charge in [-0.25, -0.2) is 0 Å². The van der Waals surface area contributed by atoms with Crippen LogP contribution in [0.2, 0.25) is 0 Å². The first-order valence-electron chi connectivity index (χ1n) is 12.5. The zero-order valence-electron chi connectivity index (χ0n) is 20.9. The Hall–Kier alpha value is -3.22. The maximum Gasteiger partial charge on any atom is 0.240 e. The molecule has 1 aromatic heterocycles. The number of methoxy groups -OCH3 is 1. The van der Waals surface area contributed by atoms with Crippen molar-refractivity contribution in [1.82, 2.24) is 14.8 Å². The van der Waals surface area contributed by atoms with E-state index in [-0.39, 0.29) is 36.6 Å². The van der Waals surface area contributed by atoms with Gasteiger partial charge in [-0.3, -0.25) is 24.3 Å². The molecule has 2 aliphatic rings. The smallest absolute Gasteiger partial charge is 0.240 e. The molecule has 3 heterocycles. The van der Waals surface area contributed by atoms with Gasteiger partial charge in [-0.05, 0) is 60.9 Å². The number of carbonyl (C=O) groups excluding carboxylic acids is 3. The van der Waals surface area contributed by atoms with Gasteiger partial charge in [0, 0.05) is 38.3 Å². The van der Waals surface area contributed by atoms with E-state index in [9.17, 15) is 14.4 Å². The molecular formula is C28H35N3O4. The number of imide groups is 1. The van der Waals surface area contributed by atoms with Crippen LogP contribution in [0.1, 0.15) is 69.5 Å². The second kappa shape index (κ2) is 10.6. The third-order valence-corrected chi connectivity index (χ3v) is 7.33. The molecule has 7 heteroatoms. The molecule has 0 spiro atoms. The molecule has 0 bridgehead atoms. The number of aromatic nitrogens is 1. The average molecular weight is 478 g/mol. The van der Waals surface area contributed by atoms with Crippen molar-refractivity contribution in [3.8, 4) is 5.75 Å². The Morgan fingerprint density at radius 2 is 1.94 bits per heavy atom. The molecular weight excluding hydrogens is 442 g/mol. The van der Waals surface area contributed by atoms with Gasteiger partial charge < -0.3 is 9.64 Å². The first-order valence-corrected chi connectivity index (χ1v) is 12.5. The lowest BCUT2D eigenvalue weighted by molar-refractivity contribution is -0.144. The van der Waals surface area contributed by atoms with E-state index in [0.717, 1.165) is 31.2 Å². The minimum absolute atomic E-state index is 0.00734. The van der Waals surface area contributed by atoms with Gasteiger partial charge in [-0.15, -0.1) is 0 Å². The fourth-order valence-corrected chi connectivity index (χ4v) is 5.30. The summed E-state index contributed by atoms with van der Waals surface area (Å²) in [6, 6.07) is 11.0. The summed E-state index contributed by atoms with van der Waals surface area (Å²) in [4.78, 5) is 48.3. The van der Waals surface area contributed by atoms with Crippen molar-refractivity contribution >= 4 is 17.7 Å². The number of benzene rings is 1. The Bertz CT molecular complexity index is 1050. The number of piperidine rings is 1. The summed E-state index contributed by atoms with van der Waals surface area (Å²) in [5.74, 6) is 0.456. The Balaban J connectivity index is 1.67. The van der Waals surface area contributed by atoms with Crippen LogP contribution in [0.5, 0.6) is 5.75 Å². The quantitative estimate of drug-likeness (QED) is 0.531. The molecule has 2 atom stereocenters. The normalized spacial score (nSPS) is 22.7. The summed E-state index contributed by atoms with van der Waals surface area (Å²) in [6.07, 6.45) is 7.07. The zero-order valence-corrected chi connectivity index (χ0v) is 20.9. The van der Waals surface area contributed by atoms with Crippen molar-refractivity contribution in [2.75, 3.05) is 20.2 Å². The molecule has 0 N–H and O–H groups in total. The van der Waals surface area contributed by atoms with Crippen molar-refractivity contribution in [3.05, 3.63) is 59.9 Å². The van der Waals surface area contributed by atoms with Crippen molar-refractivity contribution in [1.29, 1.82) is 0 Å². The van der Waals surface area contributed by atoms with Crippen LogP contribution in [0.25, 0.3) is 0 Å². The summed E-state index contributed by atoms with van der Waals surface area (Å²) < 4.78 is 5.29. The number of carbonyl (C=O) groups is 3. The molecule has 7 nitrogen and oxygen atoms in total. The summed E-state index contributed by atoms with van der Waals surface area (Å²) in [5, 5.41) is 0. The largest absolute Gasteiger partial charge is 0.497 e. The zero-order chi connectivity index (χ0) is 25.0. The van der Waals surface area contributed by atoms with Crippen LogP contribution < -0.4 is 4.74 Å². The van der Waals surface area contributed by atoms with E-state index >= 15 is 0 Å². The third-order valence-electron chi connectivity index (χ3n) is 7.33. The molecule has 2 saturated heterocycles. The monoisotopic (exact) mass is 477 g/mol. The van der Waals surface area contributed by atoms with Crippen molar-refractivity contribution in [3.63, 3.8) is 0 Å². The van der Waals surface area contributed by atoms with Crippen LogP contribution in [0.3, 0.4) is 0 Å². The Morgan fingerprint density at radius 3 is 2.60 bits per heavy atom. The van der Waals surface area contributed by atoms with E-state index in [4.69, 9.17) is 4.74 Å². The lowest BCUT2D eigenvalue weighted by Crippen LogP contribution is -2.45. The fourth-order valence-electron chi connectivity index (χ4n) is 5.30. The maximum atomic E-state index is 13.9. The van der Waals surface area contributed by atoms with Crippen LogP contribution >= 0.6 is 0 Å². The summed E-state index contributed by atoms with van der Waals surface area (Å²) in [7, 11) is 1.58. The first-order chi connectivity index (χ1) is 16.9. The van der Waals surface area contributed by atoms with Crippen LogP contribution in [-0.2, 0) is 19.8 Å². The maximum absolute atomic E-state index is 13.9. The van der Waals surface area contributed by atoms with Crippen LogP contribution in [0, 0.1) is 5.92 Å². The van der Waals surface area contributed by atoms with E-state index in [1.54, 1.807) is 25.4 Å². The number of ether oxygens (including phenoxy) is 1. The highest BCUT2D eigenvalue weighted by atomic mass is 16.5. The molecule has 0 saturated carbocycles. The Kier molecular flexibility index (Phi) is 7.53. The van der Waals surface area contributed by atoms with Gasteiger partial charge in [0.25, 0.3) is 0 Å². The molecule has 4 rings (SSSR count). The van der Waals surface area contributed by atoms with E-state index in [2.05, 4.69) is 18.8 Å². The van der Waals surface area contributed by atoms with Crippen LogP contribution in [0.15, 0.2) is 48.8 Å². The predicted molar refractivity (Wildman–Crippen MR) is 133 cm³/mol. The standard InChI is InChI=1S/C28H35N3O4/c1-20(2)13-16-31-26(33)18-28(27(31)34,22-9-11-23(35-3)12-10-22)17-25(32)30-15-5-4-8-24(30)21-7-6-14-29-19-21/h6-7,9-12,14,19-20,24H,4-5,8,13,15-18H2,1-3H3/t24-,28+/m1/s1. The third kappa shape index (κ3) is 5.09. The molecule has 35 heavy (non-hydrogen) atoms. The van der Waals surface area contributed by atoms with E-state index < -0.39 is 5.41 Å². The van der Waals surface area contributed by atoms with Crippen molar-refractivity contribution in [2.45, 2.75) is 63.8 Å². The number of hydrogen-bond donors (Lipinski definition) is 0. The highest BCUT2D eigenvalue weighted by Crippen LogP contribution is 2.42. The van der Waals surface area contributed by atoms with Gasteiger partial charge in [-0.1, -0.05) is 32.0 Å². The number of hydrogen-bond acceptors (Lipinski definition) is 5. The van der Waals surface area contributed by atoms with Crippen molar-refractivity contribution in [2.24, 2.45) is 5.92 Å². The number of amides is 3. The number of likely N-dealkylation sites (tertiary alicyclic amines) is 2. The Morgan fingerprint density at radius 1 is 1.17 bits per heavy atom. The minimum Gasteiger partial charge on any atom is -0.497 e. The average Bonchev–Trinajstić information content (AvgIpc) is 3.12. The lowest BCUT2D eigenvalue weighted by Gasteiger charge is -2.38. The summed E-state index contributed by atoms with van der Waals surface area (Å²) in [5.41, 5.74) is 0.493. The van der Waals surface area contributed by atoms with E-state index in [1.165, 1.54) is 4.90 Å². The predicted octanol–water partition coefficient (Wildman–Crippen LogP) is 4.28. The molecule has 2 aromatic rings. The first kappa shape index (κ1) is 24.9. The molecule has 1 aromatic carbocycles. The number of pyridine rings is 1. The molecule has 0 aliphatic carbocycles. The minimum atomic E-state index is -1.20. The SMILES string of the molecule is COc1ccc([C@]2(CC(=O)N3CCCC[C@@H]3c3cccnc3)CC(=O)N(CCC(C)C)C2=O)cc1. The van der Waals surface area contributed by atoms with Gasteiger partial charge in [0.2, 0.25) is 17.7 Å². The van der Waals surface area contributed by atoms with Gasteiger partial charge in [0.05, 0.1) is 18.6 Å². The van der Waals surface area contributed by atoms with Crippen LogP contribution in [-0.4, -0.2) is 52.7 Å². The molecule has 3 amide bonds. The lowest BCUT2D eigenvalue weighted by atomic mass is 9.75. The van der Waals surface area contributed by atoms with E-state index in [1.807, 2.05) is 35.4 Å². The van der Waals surface area contributed by atoms with Gasteiger partial charge in [0.1, 0.15) is 5.75 Å². The molecule has 2 aliphatic heterocycles. The summed E-state index contributed by atoms with van der Waals surface area (Å²) >= 11 is 0. The van der Waals surface area contributed by atoms with Gasteiger partial charge in [-0.2, -0.15) is 0 Å². The molecule has 2 fully saturated rings. The second-order valence-corrected chi connectivity index (χ2v) is 10.1. The molecule has 186 valence electrons. The Labute approximate surface area is 207 Å². The topological polar surface area (TPSA) is 79.8 Å². The second-order valence-electron chi connectivity index (χ2n) is 10.1. The molecule has 0 radical (unpaired) electrons. The highest BCUT2D eigenvalue weighted by Gasteiger charge is 2.54. The number of nitrogens with zero attached hydrogens (tertiary/aromatic N) is 3. The van der Waals surface area contributed by atoms with E-state index in [0.29, 0.717) is 30.3 Å². The van der Waals surface area contributed by atoms with Gasteiger partial charge >= 0.3 is 0 Å².